The van der Waals surface area contributed by atoms with Crippen molar-refractivity contribution in [2.75, 3.05) is 32.8 Å². The predicted octanol–water partition coefficient (Wildman–Crippen LogP) is 3.08. The third kappa shape index (κ3) is 4.60. The van der Waals surface area contributed by atoms with E-state index in [1.54, 1.807) is 6.20 Å². The Labute approximate surface area is 150 Å². The Kier molecular flexibility index (Phi) is 5.94. The number of piperazine rings is 1. The summed E-state index contributed by atoms with van der Waals surface area (Å²) in [5.74, 6) is 1.28. The predicted molar refractivity (Wildman–Crippen MR) is 94.3 cm³/mol. The summed E-state index contributed by atoms with van der Waals surface area (Å²) in [5.41, 5.74) is 0. The van der Waals surface area contributed by atoms with Crippen molar-refractivity contribution >= 4 is 22.0 Å². The zero-order chi connectivity index (χ0) is 16.9. The number of hydrogen-bond acceptors (Lipinski definition) is 4. The second kappa shape index (κ2) is 8.16. The highest BCUT2D eigenvalue weighted by Gasteiger charge is 2.29. The lowest BCUT2D eigenvalue weighted by molar-refractivity contribution is 0.0616. The zero-order valence-electron chi connectivity index (χ0n) is 13.7. The summed E-state index contributed by atoms with van der Waals surface area (Å²) in [6.07, 6.45) is 5.64. The van der Waals surface area contributed by atoms with E-state index >= 15 is 0 Å². The van der Waals surface area contributed by atoms with Crippen LogP contribution in [0, 0.1) is 5.92 Å². The molecule has 1 aliphatic heterocycles. The monoisotopic (exact) mass is 397 g/mol. The number of carbonyl (C=O) groups is 1. The van der Waals surface area contributed by atoms with Crippen molar-refractivity contribution in [3.05, 3.63) is 22.8 Å². The minimum absolute atomic E-state index is 0.590. The highest BCUT2D eigenvalue weighted by Crippen LogP contribution is 2.28. The van der Waals surface area contributed by atoms with E-state index < -0.39 is 6.09 Å². The number of halogens is 1. The minimum Gasteiger partial charge on any atom is -0.477 e. The highest BCUT2D eigenvalue weighted by molar-refractivity contribution is 9.10. The van der Waals surface area contributed by atoms with Gasteiger partial charge in [0.25, 0.3) is 0 Å². The maximum Gasteiger partial charge on any atom is 0.407 e. The molecule has 1 amide bonds. The molecule has 2 aliphatic rings. The largest absolute Gasteiger partial charge is 0.477 e. The fourth-order valence-corrected chi connectivity index (χ4v) is 3.84. The highest BCUT2D eigenvalue weighted by atomic mass is 79.9. The molecule has 0 unspecified atom stereocenters. The second-order valence-corrected chi connectivity index (χ2v) is 7.52. The normalized spacial score (nSPS) is 25.5. The molecular weight excluding hydrogens is 374 g/mol. The van der Waals surface area contributed by atoms with Crippen LogP contribution < -0.4 is 4.74 Å². The van der Waals surface area contributed by atoms with Gasteiger partial charge in [0.15, 0.2) is 0 Å². The molecular formula is C17H24BrN3O3. The SMILES string of the molecule is O=C(O)N1CCN(C2CCC(COc3ccc(Br)cn3)CC2)CC1. The van der Waals surface area contributed by atoms with Crippen LogP contribution in [-0.4, -0.2) is 64.8 Å². The summed E-state index contributed by atoms with van der Waals surface area (Å²) in [5, 5.41) is 9.02. The average molecular weight is 398 g/mol. The first-order valence-electron chi connectivity index (χ1n) is 8.58. The van der Waals surface area contributed by atoms with Crippen molar-refractivity contribution in [2.24, 2.45) is 5.92 Å². The van der Waals surface area contributed by atoms with Gasteiger partial charge in [-0.2, -0.15) is 0 Å². The van der Waals surface area contributed by atoms with Gasteiger partial charge >= 0.3 is 6.09 Å². The molecule has 1 N–H and O–H groups in total. The van der Waals surface area contributed by atoms with Crippen molar-refractivity contribution in [3.63, 3.8) is 0 Å². The van der Waals surface area contributed by atoms with E-state index in [0.717, 1.165) is 24.2 Å². The van der Waals surface area contributed by atoms with Gasteiger partial charge in [-0.05, 0) is 53.6 Å². The van der Waals surface area contributed by atoms with E-state index in [0.29, 0.717) is 30.9 Å². The Morgan fingerprint density at radius 2 is 1.92 bits per heavy atom. The molecule has 0 bridgehead atoms. The quantitative estimate of drug-likeness (QED) is 0.845. The minimum atomic E-state index is -0.794. The standard InChI is InChI=1S/C17H24BrN3O3/c18-14-3-6-16(19-11-14)24-12-13-1-4-15(5-2-13)20-7-9-21(10-8-20)17(22)23/h3,6,11,13,15H,1-2,4-5,7-10,12H2,(H,22,23). The van der Waals surface area contributed by atoms with Crippen molar-refractivity contribution in [3.8, 4) is 5.88 Å². The number of hydrogen-bond donors (Lipinski definition) is 1. The lowest BCUT2D eigenvalue weighted by atomic mass is 9.85. The summed E-state index contributed by atoms with van der Waals surface area (Å²) >= 11 is 3.37. The van der Waals surface area contributed by atoms with Gasteiger partial charge in [-0.3, -0.25) is 4.90 Å². The van der Waals surface area contributed by atoms with Gasteiger partial charge in [-0.1, -0.05) is 0 Å². The lowest BCUT2D eigenvalue weighted by Gasteiger charge is -2.41. The summed E-state index contributed by atoms with van der Waals surface area (Å²) in [4.78, 5) is 19.2. The van der Waals surface area contributed by atoms with E-state index in [2.05, 4.69) is 25.8 Å². The number of amides is 1. The van der Waals surface area contributed by atoms with Crippen LogP contribution in [0.3, 0.4) is 0 Å². The van der Waals surface area contributed by atoms with Crippen molar-refractivity contribution in [2.45, 2.75) is 31.7 Å². The Morgan fingerprint density at radius 3 is 2.50 bits per heavy atom. The summed E-state index contributed by atoms with van der Waals surface area (Å²) in [6, 6.07) is 4.43. The lowest BCUT2D eigenvalue weighted by Crippen LogP contribution is -2.52. The van der Waals surface area contributed by atoms with Crippen molar-refractivity contribution < 1.29 is 14.6 Å². The molecule has 0 radical (unpaired) electrons. The number of aromatic nitrogens is 1. The second-order valence-electron chi connectivity index (χ2n) is 6.61. The molecule has 2 heterocycles. The Balaban J connectivity index is 1.38. The number of carboxylic acid groups (broad SMARTS) is 1. The van der Waals surface area contributed by atoms with Gasteiger partial charge in [-0.25, -0.2) is 9.78 Å². The Morgan fingerprint density at radius 1 is 1.21 bits per heavy atom. The van der Waals surface area contributed by atoms with Crippen LogP contribution in [0.4, 0.5) is 4.79 Å². The molecule has 6 nitrogen and oxygen atoms in total. The van der Waals surface area contributed by atoms with E-state index in [1.807, 2.05) is 12.1 Å². The number of ether oxygens (including phenoxy) is 1. The van der Waals surface area contributed by atoms with Gasteiger partial charge in [0.05, 0.1) is 6.61 Å². The van der Waals surface area contributed by atoms with E-state index in [9.17, 15) is 4.79 Å². The maximum atomic E-state index is 11.0. The molecule has 7 heteroatoms. The molecule has 24 heavy (non-hydrogen) atoms. The first-order chi connectivity index (χ1) is 11.6. The summed E-state index contributed by atoms with van der Waals surface area (Å²) < 4.78 is 6.76. The Bertz CT molecular complexity index is 539. The van der Waals surface area contributed by atoms with Gasteiger partial charge < -0.3 is 14.7 Å². The molecule has 132 valence electrons. The Hall–Kier alpha value is -1.34. The average Bonchev–Trinajstić information content (AvgIpc) is 2.62. The molecule has 1 aromatic rings. The molecule has 2 fully saturated rings. The van der Waals surface area contributed by atoms with Crippen LogP contribution in [-0.2, 0) is 0 Å². The third-order valence-corrected chi connectivity index (χ3v) is 5.55. The first kappa shape index (κ1) is 17.5. The summed E-state index contributed by atoms with van der Waals surface area (Å²) in [6.45, 7) is 3.72. The molecule has 1 saturated carbocycles. The number of pyridine rings is 1. The van der Waals surface area contributed by atoms with E-state index in [-0.39, 0.29) is 0 Å². The van der Waals surface area contributed by atoms with Crippen LogP contribution in [0.5, 0.6) is 5.88 Å². The van der Waals surface area contributed by atoms with Crippen molar-refractivity contribution in [1.29, 1.82) is 0 Å². The number of nitrogens with zero attached hydrogens (tertiary/aromatic N) is 3. The molecule has 0 aromatic carbocycles. The first-order valence-corrected chi connectivity index (χ1v) is 9.37. The summed E-state index contributed by atoms with van der Waals surface area (Å²) in [7, 11) is 0. The zero-order valence-corrected chi connectivity index (χ0v) is 15.3. The molecule has 1 aromatic heterocycles. The molecule has 0 spiro atoms. The fourth-order valence-electron chi connectivity index (χ4n) is 3.61. The molecule has 3 rings (SSSR count). The van der Waals surface area contributed by atoms with Gasteiger partial charge in [0.1, 0.15) is 0 Å². The number of rotatable bonds is 4. The fraction of sp³-hybridized carbons (Fsp3) is 0.647. The van der Waals surface area contributed by atoms with Crippen LogP contribution in [0.25, 0.3) is 0 Å². The molecule has 0 atom stereocenters. The van der Waals surface area contributed by atoms with Gasteiger partial charge in [0, 0.05) is 49.0 Å². The van der Waals surface area contributed by atoms with Gasteiger partial charge in [0.2, 0.25) is 5.88 Å². The van der Waals surface area contributed by atoms with E-state index in [1.165, 1.54) is 30.6 Å². The topological polar surface area (TPSA) is 65.9 Å². The van der Waals surface area contributed by atoms with E-state index in [4.69, 9.17) is 9.84 Å². The van der Waals surface area contributed by atoms with Crippen LogP contribution in [0.15, 0.2) is 22.8 Å². The smallest absolute Gasteiger partial charge is 0.407 e. The van der Waals surface area contributed by atoms with Crippen LogP contribution >= 0.6 is 15.9 Å². The van der Waals surface area contributed by atoms with Crippen molar-refractivity contribution in [1.82, 2.24) is 14.8 Å². The molecule has 1 aliphatic carbocycles. The third-order valence-electron chi connectivity index (χ3n) is 5.08. The van der Waals surface area contributed by atoms with Gasteiger partial charge in [-0.15, -0.1) is 0 Å². The van der Waals surface area contributed by atoms with Crippen LogP contribution in [0.2, 0.25) is 0 Å². The van der Waals surface area contributed by atoms with Crippen LogP contribution in [0.1, 0.15) is 25.7 Å². The maximum absolute atomic E-state index is 11.0. The molecule has 1 saturated heterocycles.